The zero-order valence-corrected chi connectivity index (χ0v) is 22.4. The lowest BCUT2D eigenvalue weighted by Gasteiger charge is -2.32. The van der Waals surface area contributed by atoms with Crippen molar-refractivity contribution in [2.75, 3.05) is 39.8 Å². The number of nitrogens with one attached hydrogen (secondary N) is 2. The fourth-order valence-electron chi connectivity index (χ4n) is 4.69. The first kappa shape index (κ1) is 25.5. The third-order valence-corrected chi connectivity index (χ3v) is 7.29. The Morgan fingerprint density at radius 2 is 1.72 bits per heavy atom. The van der Waals surface area contributed by atoms with Crippen molar-refractivity contribution >= 4 is 41.3 Å². The van der Waals surface area contributed by atoms with E-state index in [0.29, 0.717) is 5.92 Å². The van der Waals surface area contributed by atoms with E-state index in [2.05, 4.69) is 67.2 Å². The first-order chi connectivity index (χ1) is 15.3. The summed E-state index contributed by atoms with van der Waals surface area (Å²) in [6.07, 6.45) is 5.28. The highest BCUT2D eigenvalue weighted by atomic mass is 127. The summed E-state index contributed by atoms with van der Waals surface area (Å²) in [4.78, 5) is 11.0. The van der Waals surface area contributed by atoms with Crippen LogP contribution in [0.1, 0.15) is 41.7 Å². The van der Waals surface area contributed by atoms with Crippen LogP contribution in [0.3, 0.4) is 0 Å². The van der Waals surface area contributed by atoms with Crippen molar-refractivity contribution in [1.29, 1.82) is 0 Å². The van der Waals surface area contributed by atoms with Gasteiger partial charge in [-0.3, -0.25) is 14.8 Å². The van der Waals surface area contributed by atoms with Gasteiger partial charge < -0.3 is 10.6 Å². The van der Waals surface area contributed by atoms with E-state index >= 15 is 0 Å². The van der Waals surface area contributed by atoms with Crippen LogP contribution in [0, 0.1) is 5.92 Å². The normalized spacial score (nSPS) is 20.2. The molecule has 1 aromatic carbocycles. The number of aliphatic imine (C=N–C) groups is 1. The maximum atomic E-state index is 4.43. The van der Waals surface area contributed by atoms with Crippen molar-refractivity contribution in [2.45, 2.75) is 45.3 Å². The highest BCUT2D eigenvalue weighted by Gasteiger charge is 2.20. The van der Waals surface area contributed by atoms with Gasteiger partial charge in [0.1, 0.15) is 0 Å². The lowest BCUT2D eigenvalue weighted by Crippen LogP contribution is -2.44. The number of rotatable bonds is 8. The summed E-state index contributed by atoms with van der Waals surface area (Å²) in [7, 11) is 1.86. The fraction of sp³-hybridized carbons (Fsp3) is 0.560. The van der Waals surface area contributed by atoms with Crippen LogP contribution in [0.2, 0.25) is 0 Å². The van der Waals surface area contributed by atoms with Gasteiger partial charge in [-0.05, 0) is 73.8 Å². The van der Waals surface area contributed by atoms with Gasteiger partial charge >= 0.3 is 0 Å². The molecule has 32 heavy (non-hydrogen) atoms. The largest absolute Gasteiger partial charge is 0.356 e. The van der Waals surface area contributed by atoms with Crippen molar-refractivity contribution in [1.82, 2.24) is 20.4 Å². The predicted molar refractivity (Wildman–Crippen MR) is 147 cm³/mol. The van der Waals surface area contributed by atoms with E-state index in [-0.39, 0.29) is 24.0 Å². The minimum absolute atomic E-state index is 0. The molecule has 4 rings (SSSR count). The second-order valence-electron chi connectivity index (χ2n) is 8.93. The number of thiophene rings is 1. The highest BCUT2D eigenvalue weighted by Crippen LogP contribution is 2.20. The molecule has 1 aromatic heterocycles. The quantitative estimate of drug-likeness (QED) is 0.280. The van der Waals surface area contributed by atoms with Gasteiger partial charge in [0, 0.05) is 44.6 Å². The van der Waals surface area contributed by atoms with Crippen LogP contribution in [-0.4, -0.2) is 55.5 Å². The van der Waals surface area contributed by atoms with E-state index in [1.54, 1.807) is 0 Å². The smallest absolute Gasteiger partial charge is 0.191 e. The number of piperidine rings is 1. The molecule has 2 aliphatic heterocycles. The third-order valence-electron chi connectivity index (χ3n) is 6.43. The Hall–Kier alpha value is -1.16. The lowest BCUT2D eigenvalue weighted by atomic mass is 9.98. The Labute approximate surface area is 214 Å². The Bertz CT molecular complexity index is 802. The minimum atomic E-state index is 0. The molecule has 5 nitrogen and oxygen atoms in total. The SMILES string of the molecule is CN=C(NCc1ccc(CN2CCCC2)cc1)NCC1CCCN(Cc2cccs2)C1.I. The van der Waals surface area contributed by atoms with Crippen molar-refractivity contribution in [3.63, 3.8) is 0 Å². The summed E-state index contributed by atoms with van der Waals surface area (Å²) < 4.78 is 0. The molecule has 0 aliphatic carbocycles. The molecular weight excluding hydrogens is 529 g/mol. The number of benzene rings is 1. The highest BCUT2D eigenvalue weighted by molar-refractivity contribution is 14.0. The molecule has 7 heteroatoms. The van der Waals surface area contributed by atoms with E-state index in [4.69, 9.17) is 0 Å². The average molecular weight is 568 g/mol. The fourth-order valence-corrected chi connectivity index (χ4v) is 5.44. The topological polar surface area (TPSA) is 42.9 Å². The molecule has 0 spiro atoms. The molecule has 2 saturated heterocycles. The molecule has 0 amide bonds. The Kier molecular flexibility index (Phi) is 10.8. The van der Waals surface area contributed by atoms with Crippen LogP contribution < -0.4 is 10.6 Å². The van der Waals surface area contributed by atoms with Gasteiger partial charge in [-0.1, -0.05) is 30.3 Å². The zero-order valence-electron chi connectivity index (χ0n) is 19.3. The van der Waals surface area contributed by atoms with Crippen LogP contribution in [0.5, 0.6) is 0 Å². The molecular formula is C25H38IN5S. The summed E-state index contributed by atoms with van der Waals surface area (Å²) >= 11 is 1.86. The van der Waals surface area contributed by atoms with Gasteiger partial charge in [0.25, 0.3) is 0 Å². The molecule has 176 valence electrons. The summed E-state index contributed by atoms with van der Waals surface area (Å²) in [6, 6.07) is 13.4. The van der Waals surface area contributed by atoms with E-state index in [0.717, 1.165) is 32.1 Å². The van der Waals surface area contributed by atoms with Crippen molar-refractivity contribution in [3.05, 3.63) is 57.8 Å². The standard InChI is InChI=1S/C25H37N5S.HI/c1-26-25(27-16-21-8-10-22(11-9-21)18-29-12-2-3-13-29)28-17-23-6-4-14-30(19-23)20-24-7-5-15-31-24;/h5,7-11,15,23H,2-4,6,12-14,16-20H2,1H3,(H2,26,27,28);1H. The minimum Gasteiger partial charge on any atom is -0.356 e. The van der Waals surface area contributed by atoms with Crippen LogP contribution in [-0.2, 0) is 19.6 Å². The Morgan fingerprint density at radius 3 is 2.44 bits per heavy atom. The Morgan fingerprint density at radius 1 is 0.969 bits per heavy atom. The van der Waals surface area contributed by atoms with Gasteiger partial charge in [0.05, 0.1) is 0 Å². The van der Waals surface area contributed by atoms with Gasteiger partial charge in [-0.15, -0.1) is 35.3 Å². The van der Waals surface area contributed by atoms with Crippen LogP contribution in [0.4, 0.5) is 0 Å². The summed E-state index contributed by atoms with van der Waals surface area (Å²) in [5.74, 6) is 1.58. The second-order valence-corrected chi connectivity index (χ2v) is 9.96. The molecule has 2 N–H and O–H groups in total. The first-order valence-electron chi connectivity index (χ1n) is 11.8. The zero-order chi connectivity index (χ0) is 21.3. The molecule has 2 aliphatic rings. The molecule has 0 bridgehead atoms. The number of hydrogen-bond acceptors (Lipinski definition) is 4. The molecule has 0 saturated carbocycles. The number of likely N-dealkylation sites (tertiary alicyclic amines) is 2. The van der Waals surface area contributed by atoms with Gasteiger partial charge in [0.2, 0.25) is 0 Å². The number of hydrogen-bond donors (Lipinski definition) is 2. The summed E-state index contributed by atoms with van der Waals surface area (Å²) in [6.45, 7) is 8.84. The van der Waals surface area contributed by atoms with Crippen molar-refractivity contribution in [2.24, 2.45) is 10.9 Å². The number of guanidine groups is 1. The van der Waals surface area contributed by atoms with Crippen LogP contribution in [0.25, 0.3) is 0 Å². The maximum absolute atomic E-state index is 4.43. The van der Waals surface area contributed by atoms with E-state index in [1.807, 2.05) is 18.4 Å². The van der Waals surface area contributed by atoms with Crippen molar-refractivity contribution < 1.29 is 0 Å². The molecule has 1 atom stereocenters. The van der Waals surface area contributed by atoms with Gasteiger partial charge in [-0.25, -0.2) is 0 Å². The molecule has 2 fully saturated rings. The van der Waals surface area contributed by atoms with E-state index in [1.165, 1.54) is 67.9 Å². The van der Waals surface area contributed by atoms with Gasteiger partial charge in [-0.2, -0.15) is 0 Å². The monoisotopic (exact) mass is 567 g/mol. The Balaban J connectivity index is 0.00000289. The van der Waals surface area contributed by atoms with Gasteiger partial charge in [0.15, 0.2) is 5.96 Å². The summed E-state index contributed by atoms with van der Waals surface area (Å²) in [5.41, 5.74) is 2.71. The molecule has 2 aromatic rings. The average Bonchev–Trinajstić information content (AvgIpc) is 3.50. The molecule has 3 heterocycles. The first-order valence-corrected chi connectivity index (χ1v) is 12.7. The summed E-state index contributed by atoms with van der Waals surface area (Å²) in [5, 5.41) is 9.21. The predicted octanol–water partition coefficient (Wildman–Crippen LogP) is 4.54. The lowest BCUT2D eigenvalue weighted by molar-refractivity contribution is 0.169. The third kappa shape index (κ3) is 8.01. The van der Waals surface area contributed by atoms with E-state index < -0.39 is 0 Å². The number of nitrogens with zero attached hydrogens (tertiary/aromatic N) is 3. The van der Waals surface area contributed by atoms with Crippen LogP contribution in [0.15, 0.2) is 46.8 Å². The van der Waals surface area contributed by atoms with Crippen molar-refractivity contribution in [3.8, 4) is 0 Å². The van der Waals surface area contributed by atoms with Crippen LogP contribution >= 0.6 is 35.3 Å². The van der Waals surface area contributed by atoms with E-state index in [9.17, 15) is 0 Å². The number of halogens is 1. The molecule has 0 radical (unpaired) electrons. The second kappa shape index (κ2) is 13.5. The maximum Gasteiger partial charge on any atom is 0.191 e. The molecule has 1 unspecified atom stereocenters.